The van der Waals surface area contributed by atoms with Gasteiger partial charge in [-0.3, -0.25) is 0 Å². The summed E-state index contributed by atoms with van der Waals surface area (Å²) in [7, 11) is 1.64. The molecule has 0 fully saturated rings. The smallest absolute Gasteiger partial charge is 0.125 e. The van der Waals surface area contributed by atoms with E-state index in [9.17, 15) is 5.11 Å². The van der Waals surface area contributed by atoms with Gasteiger partial charge in [0, 0.05) is 12.7 Å². The lowest BCUT2D eigenvalue weighted by Gasteiger charge is -2.18. The summed E-state index contributed by atoms with van der Waals surface area (Å²) in [6.45, 7) is 2.98. The van der Waals surface area contributed by atoms with Crippen LogP contribution in [0.2, 0.25) is 0 Å². The Hall–Kier alpha value is -1.84. The van der Waals surface area contributed by atoms with E-state index >= 15 is 0 Å². The van der Waals surface area contributed by atoms with Crippen molar-refractivity contribution in [2.75, 3.05) is 20.3 Å². The van der Waals surface area contributed by atoms with Crippen LogP contribution in [0.15, 0.2) is 48.5 Å². The molecule has 0 aliphatic carbocycles. The van der Waals surface area contributed by atoms with Gasteiger partial charge in [0.05, 0.1) is 6.61 Å². The monoisotopic (exact) mass is 272 g/mol. The van der Waals surface area contributed by atoms with Gasteiger partial charge in [0.25, 0.3) is 0 Å². The van der Waals surface area contributed by atoms with Crippen molar-refractivity contribution in [3.05, 3.63) is 65.2 Å². The predicted octanol–water partition coefficient (Wildman–Crippen LogP) is 3.10. The minimum Gasteiger partial charge on any atom is -0.491 e. The van der Waals surface area contributed by atoms with Crippen molar-refractivity contribution in [3.8, 4) is 5.75 Å². The lowest BCUT2D eigenvalue weighted by Crippen LogP contribution is -2.09. The van der Waals surface area contributed by atoms with E-state index in [2.05, 4.69) is 0 Å². The molecule has 106 valence electrons. The van der Waals surface area contributed by atoms with Crippen molar-refractivity contribution in [2.24, 2.45) is 0 Å². The Labute approximate surface area is 119 Å². The first-order valence-electron chi connectivity index (χ1n) is 6.68. The number of hydrogen-bond acceptors (Lipinski definition) is 3. The molecule has 1 N–H and O–H groups in total. The van der Waals surface area contributed by atoms with Gasteiger partial charge < -0.3 is 14.6 Å². The number of aliphatic hydroxyl groups is 1. The highest BCUT2D eigenvalue weighted by Gasteiger charge is 2.16. The highest BCUT2D eigenvalue weighted by molar-refractivity contribution is 5.42. The number of aryl methyl sites for hydroxylation is 1. The molecule has 1 atom stereocenters. The number of ether oxygens (including phenoxy) is 2. The minimum absolute atomic E-state index is 0.466. The van der Waals surface area contributed by atoms with Crippen LogP contribution in [0.5, 0.6) is 5.75 Å². The van der Waals surface area contributed by atoms with Crippen molar-refractivity contribution >= 4 is 0 Å². The zero-order chi connectivity index (χ0) is 14.4. The van der Waals surface area contributed by atoms with E-state index in [1.165, 1.54) is 0 Å². The average molecular weight is 272 g/mol. The maximum absolute atomic E-state index is 10.6. The van der Waals surface area contributed by atoms with E-state index < -0.39 is 6.10 Å². The van der Waals surface area contributed by atoms with Gasteiger partial charge in [-0.25, -0.2) is 0 Å². The first kappa shape index (κ1) is 14.6. The largest absolute Gasteiger partial charge is 0.491 e. The molecule has 0 saturated heterocycles. The second-order valence-corrected chi connectivity index (χ2v) is 4.64. The third kappa shape index (κ3) is 3.38. The van der Waals surface area contributed by atoms with Crippen molar-refractivity contribution in [1.82, 2.24) is 0 Å². The summed E-state index contributed by atoms with van der Waals surface area (Å²) in [4.78, 5) is 0. The van der Waals surface area contributed by atoms with Gasteiger partial charge in [-0.2, -0.15) is 0 Å². The van der Waals surface area contributed by atoms with E-state index in [1.807, 2.05) is 55.5 Å². The van der Waals surface area contributed by atoms with Gasteiger partial charge in [0.15, 0.2) is 0 Å². The zero-order valence-electron chi connectivity index (χ0n) is 11.9. The van der Waals surface area contributed by atoms with E-state index in [0.29, 0.717) is 19.0 Å². The lowest BCUT2D eigenvalue weighted by molar-refractivity contribution is 0.142. The summed E-state index contributed by atoms with van der Waals surface area (Å²) < 4.78 is 10.7. The molecule has 0 bridgehead atoms. The third-order valence-corrected chi connectivity index (χ3v) is 3.24. The normalized spacial score (nSPS) is 12.2. The molecular formula is C17H20O3. The maximum Gasteiger partial charge on any atom is 0.125 e. The molecule has 0 radical (unpaired) electrons. The van der Waals surface area contributed by atoms with Crippen LogP contribution in [-0.2, 0) is 4.74 Å². The molecule has 0 aliphatic rings. The van der Waals surface area contributed by atoms with Crippen LogP contribution in [0.25, 0.3) is 0 Å². The molecule has 3 nitrogen and oxygen atoms in total. The molecule has 2 aromatic carbocycles. The van der Waals surface area contributed by atoms with Crippen molar-refractivity contribution < 1.29 is 14.6 Å². The van der Waals surface area contributed by atoms with Crippen molar-refractivity contribution in [1.29, 1.82) is 0 Å². The van der Waals surface area contributed by atoms with Crippen LogP contribution in [0.4, 0.5) is 0 Å². The van der Waals surface area contributed by atoms with Crippen LogP contribution in [0.3, 0.4) is 0 Å². The topological polar surface area (TPSA) is 38.7 Å². The standard InChI is InChI=1S/C17H20O3/c1-13-7-3-4-8-14(13)17(18)15-9-5-6-10-16(15)20-12-11-19-2/h3-10,17-18H,11-12H2,1-2H3. The molecule has 1 unspecified atom stereocenters. The molecular weight excluding hydrogens is 252 g/mol. The van der Waals surface area contributed by atoms with Gasteiger partial charge in [-0.15, -0.1) is 0 Å². The summed E-state index contributed by atoms with van der Waals surface area (Å²) >= 11 is 0. The SMILES string of the molecule is COCCOc1ccccc1C(O)c1ccccc1C. The van der Waals surface area contributed by atoms with E-state index in [1.54, 1.807) is 7.11 Å². The number of aliphatic hydroxyl groups excluding tert-OH is 1. The Kier molecular flexibility index (Phi) is 5.16. The van der Waals surface area contributed by atoms with Gasteiger partial charge in [-0.05, 0) is 24.1 Å². The maximum atomic E-state index is 10.6. The number of hydrogen-bond donors (Lipinski definition) is 1. The Balaban J connectivity index is 2.25. The average Bonchev–Trinajstić information content (AvgIpc) is 2.48. The van der Waals surface area contributed by atoms with Crippen LogP contribution < -0.4 is 4.74 Å². The van der Waals surface area contributed by atoms with Crippen LogP contribution in [0, 0.1) is 6.92 Å². The molecule has 0 aliphatic heterocycles. The highest BCUT2D eigenvalue weighted by atomic mass is 16.5. The number of rotatable bonds is 6. The fraction of sp³-hybridized carbons (Fsp3) is 0.294. The number of methoxy groups -OCH3 is 1. The third-order valence-electron chi connectivity index (χ3n) is 3.24. The van der Waals surface area contributed by atoms with Gasteiger partial charge in [-0.1, -0.05) is 42.5 Å². The first-order valence-corrected chi connectivity index (χ1v) is 6.68. The van der Waals surface area contributed by atoms with E-state index in [0.717, 1.165) is 16.7 Å². The molecule has 0 saturated carbocycles. The molecule has 3 heteroatoms. The summed E-state index contributed by atoms with van der Waals surface area (Å²) in [5, 5.41) is 10.6. The number of para-hydroxylation sites is 1. The lowest BCUT2D eigenvalue weighted by atomic mass is 9.97. The van der Waals surface area contributed by atoms with Crippen LogP contribution >= 0.6 is 0 Å². The fourth-order valence-electron chi connectivity index (χ4n) is 2.13. The van der Waals surface area contributed by atoms with Gasteiger partial charge in [0.1, 0.15) is 18.5 Å². The molecule has 0 spiro atoms. The Morgan fingerprint density at radius 2 is 1.60 bits per heavy atom. The second-order valence-electron chi connectivity index (χ2n) is 4.64. The molecule has 0 aromatic heterocycles. The molecule has 0 heterocycles. The fourth-order valence-corrected chi connectivity index (χ4v) is 2.13. The summed E-state index contributed by atoms with van der Waals surface area (Å²) in [5.41, 5.74) is 2.74. The van der Waals surface area contributed by atoms with Gasteiger partial charge in [0.2, 0.25) is 0 Å². The Bertz CT molecular complexity index is 551. The zero-order valence-corrected chi connectivity index (χ0v) is 11.9. The van der Waals surface area contributed by atoms with E-state index in [4.69, 9.17) is 9.47 Å². The molecule has 2 rings (SSSR count). The molecule has 0 amide bonds. The minimum atomic E-state index is -0.685. The Morgan fingerprint density at radius 3 is 2.30 bits per heavy atom. The Morgan fingerprint density at radius 1 is 0.950 bits per heavy atom. The first-order chi connectivity index (χ1) is 9.74. The van der Waals surface area contributed by atoms with Crippen LogP contribution in [0.1, 0.15) is 22.8 Å². The predicted molar refractivity (Wildman–Crippen MR) is 79.1 cm³/mol. The van der Waals surface area contributed by atoms with Gasteiger partial charge >= 0.3 is 0 Å². The molecule has 2 aromatic rings. The van der Waals surface area contributed by atoms with Crippen molar-refractivity contribution in [3.63, 3.8) is 0 Å². The summed E-state index contributed by atoms with van der Waals surface area (Å²) in [5.74, 6) is 0.695. The molecule has 20 heavy (non-hydrogen) atoms. The summed E-state index contributed by atoms with van der Waals surface area (Å²) in [6, 6.07) is 15.4. The summed E-state index contributed by atoms with van der Waals surface area (Å²) in [6.07, 6.45) is -0.685. The van der Waals surface area contributed by atoms with Crippen molar-refractivity contribution in [2.45, 2.75) is 13.0 Å². The highest BCUT2D eigenvalue weighted by Crippen LogP contribution is 2.31. The van der Waals surface area contributed by atoms with Crippen LogP contribution in [-0.4, -0.2) is 25.4 Å². The van der Waals surface area contributed by atoms with E-state index in [-0.39, 0.29) is 0 Å². The quantitative estimate of drug-likeness (QED) is 0.821. The number of benzene rings is 2. The second kappa shape index (κ2) is 7.08.